The largest absolute Gasteiger partial charge is 0.383 e. The van der Waals surface area contributed by atoms with Gasteiger partial charge in [0.05, 0.1) is 10.7 Å². The number of halogens is 2. The fraction of sp³-hybridized carbons (Fsp3) is 0.333. The Morgan fingerprint density at radius 3 is 2.73 bits per heavy atom. The number of nitrogens with zero attached hydrogens (tertiary/aromatic N) is 3. The van der Waals surface area contributed by atoms with E-state index in [-0.39, 0.29) is 0 Å². The first-order valence-electron chi connectivity index (χ1n) is 6.94. The molecular weight excluding hydrogens is 321 g/mol. The first kappa shape index (κ1) is 16.8. The van der Waals surface area contributed by atoms with E-state index in [0.717, 1.165) is 24.9 Å². The number of nitrogen functional groups attached to an aromatic ring is 1. The normalized spacial score (nSPS) is 11.0. The third kappa shape index (κ3) is 4.73. The van der Waals surface area contributed by atoms with Gasteiger partial charge in [-0.1, -0.05) is 23.2 Å². The molecule has 0 saturated heterocycles. The lowest BCUT2D eigenvalue weighted by atomic mass is 10.1. The highest BCUT2D eigenvalue weighted by atomic mass is 35.5. The lowest BCUT2D eigenvalue weighted by Gasteiger charge is -2.11. The number of anilines is 3. The summed E-state index contributed by atoms with van der Waals surface area (Å²) in [6.45, 7) is 0.998. The summed E-state index contributed by atoms with van der Waals surface area (Å²) >= 11 is 12.1. The highest BCUT2D eigenvalue weighted by Gasteiger charge is 2.07. The number of hydrogen-bond acceptors (Lipinski definition) is 5. The van der Waals surface area contributed by atoms with Crippen LogP contribution < -0.4 is 11.1 Å². The second-order valence-corrected chi connectivity index (χ2v) is 6.10. The summed E-state index contributed by atoms with van der Waals surface area (Å²) in [5.41, 5.74) is 7.59. The van der Waals surface area contributed by atoms with Crippen LogP contribution in [0.3, 0.4) is 0 Å². The van der Waals surface area contributed by atoms with Crippen molar-refractivity contribution in [3.63, 3.8) is 0 Å². The molecule has 118 valence electrons. The monoisotopic (exact) mass is 339 g/mol. The van der Waals surface area contributed by atoms with Crippen molar-refractivity contribution >= 4 is 40.7 Å². The zero-order chi connectivity index (χ0) is 16.1. The fourth-order valence-electron chi connectivity index (χ4n) is 1.97. The van der Waals surface area contributed by atoms with Crippen molar-refractivity contribution < 1.29 is 0 Å². The molecule has 2 rings (SSSR count). The predicted octanol–water partition coefficient (Wildman–Crippen LogP) is 3.60. The van der Waals surface area contributed by atoms with Crippen LogP contribution in [0.1, 0.15) is 12.0 Å². The van der Waals surface area contributed by atoms with E-state index in [1.165, 1.54) is 0 Å². The molecule has 0 amide bonds. The fourth-order valence-corrected chi connectivity index (χ4v) is 2.31. The minimum Gasteiger partial charge on any atom is -0.383 e. The third-order valence-electron chi connectivity index (χ3n) is 3.12. The van der Waals surface area contributed by atoms with E-state index in [1.807, 2.05) is 14.1 Å². The number of aromatic nitrogens is 2. The Bertz CT molecular complexity index is 646. The van der Waals surface area contributed by atoms with Crippen LogP contribution in [0.25, 0.3) is 0 Å². The van der Waals surface area contributed by atoms with Gasteiger partial charge in [0.1, 0.15) is 5.82 Å². The lowest BCUT2D eigenvalue weighted by molar-refractivity contribution is 0.400. The average Bonchev–Trinajstić information content (AvgIpc) is 2.45. The van der Waals surface area contributed by atoms with E-state index in [1.54, 1.807) is 24.4 Å². The molecule has 0 aliphatic carbocycles. The van der Waals surface area contributed by atoms with Crippen molar-refractivity contribution in [1.29, 1.82) is 0 Å². The van der Waals surface area contributed by atoms with Gasteiger partial charge in [-0.15, -0.1) is 0 Å². The molecule has 1 aromatic carbocycles. The van der Waals surface area contributed by atoms with Crippen LogP contribution in [-0.4, -0.2) is 35.5 Å². The molecule has 0 atom stereocenters. The standard InChI is InChI=1S/C15H19Cl2N5/c1-22(2)7-3-4-10-9-19-15(21-14(10)18)20-13-8-11(16)5-6-12(13)17/h5-6,8-9H,3-4,7H2,1-2H3,(H3,18,19,20,21). The van der Waals surface area contributed by atoms with Crippen molar-refractivity contribution in [2.24, 2.45) is 0 Å². The van der Waals surface area contributed by atoms with Gasteiger partial charge in [0.25, 0.3) is 0 Å². The van der Waals surface area contributed by atoms with Gasteiger partial charge in [0, 0.05) is 16.8 Å². The smallest absolute Gasteiger partial charge is 0.229 e. The molecule has 2 aromatic rings. The molecule has 0 fully saturated rings. The quantitative estimate of drug-likeness (QED) is 0.841. The summed E-state index contributed by atoms with van der Waals surface area (Å²) in [6, 6.07) is 5.15. The average molecular weight is 340 g/mol. The highest BCUT2D eigenvalue weighted by Crippen LogP contribution is 2.27. The van der Waals surface area contributed by atoms with E-state index >= 15 is 0 Å². The zero-order valence-electron chi connectivity index (χ0n) is 12.6. The maximum Gasteiger partial charge on any atom is 0.229 e. The van der Waals surface area contributed by atoms with E-state index in [2.05, 4.69) is 20.2 Å². The summed E-state index contributed by atoms with van der Waals surface area (Å²) in [6.07, 6.45) is 3.61. The van der Waals surface area contributed by atoms with E-state index in [4.69, 9.17) is 28.9 Å². The minimum absolute atomic E-state index is 0.401. The molecule has 1 aromatic heterocycles. The topological polar surface area (TPSA) is 67.1 Å². The highest BCUT2D eigenvalue weighted by molar-refractivity contribution is 6.35. The molecule has 5 nitrogen and oxygen atoms in total. The number of nitrogens with two attached hydrogens (primary N) is 1. The van der Waals surface area contributed by atoms with Crippen molar-refractivity contribution in [3.05, 3.63) is 40.0 Å². The Balaban J connectivity index is 2.07. The first-order valence-corrected chi connectivity index (χ1v) is 7.69. The van der Waals surface area contributed by atoms with Crippen LogP contribution in [0.4, 0.5) is 17.5 Å². The maximum absolute atomic E-state index is 6.10. The van der Waals surface area contributed by atoms with Crippen LogP contribution in [0.5, 0.6) is 0 Å². The summed E-state index contributed by atoms with van der Waals surface area (Å²) in [5, 5.41) is 4.16. The van der Waals surface area contributed by atoms with Crippen LogP contribution >= 0.6 is 23.2 Å². The molecule has 0 radical (unpaired) electrons. The van der Waals surface area contributed by atoms with Gasteiger partial charge in [-0.25, -0.2) is 4.98 Å². The Kier molecular flexibility index (Phi) is 5.83. The Morgan fingerprint density at radius 2 is 2.05 bits per heavy atom. The Morgan fingerprint density at radius 1 is 1.27 bits per heavy atom. The van der Waals surface area contributed by atoms with E-state index in [9.17, 15) is 0 Å². The van der Waals surface area contributed by atoms with Gasteiger partial charge in [-0.2, -0.15) is 4.98 Å². The van der Waals surface area contributed by atoms with E-state index in [0.29, 0.717) is 27.5 Å². The van der Waals surface area contributed by atoms with Gasteiger partial charge in [0.15, 0.2) is 0 Å². The number of nitrogens with one attached hydrogen (secondary N) is 1. The van der Waals surface area contributed by atoms with Crippen LogP contribution in [0, 0.1) is 0 Å². The second-order valence-electron chi connectivity index (χ2n) is 5.26. The molecule has 1 heterocycles. The van der Waals surface area contributed by atoms with Crippen molar-refractivity contribution in [2.75, 3.05) is 31.7 Å². The van der Waals surface area contributed by atoms with Gasteiger partial charge in [-0.3, -0.25) is 0 Å². The molecule has 7 heteroatoms. The number of hydrogen-bond donors (Lipinski definition) is 2. The van der Waals surface area contributed by atoms with Gasteiger partial charge >= 0.3 is 0 Å². The van der Waals surface area contributed by atoms with Crippen molar-refractivity contribution in [1.82, 2.24) is 14.9 Å². The SMILES string of the molecule is CN(C)CCCc1cnc(Nc2cc(Cl)ccc2Cl)nc1N. The maximum atomic E-state index is 6.10. The number of aryl methyl sites for hydroxylation is 1. The molecule has 0 aliphatic heterocycles. The zero-order valence-corrected chi connectivity index (χ0v) is 14.1. The third-order valence-corrected chi connectivity index (χ3v) is 3.69. The number of rotatable bonds is 6. The molecule has 3 N–H and O–H groups in total. The summed E-state index contributed by atoms with van der Waals surface area (Å²) in [5.74, 6) is 0.882. The summed E-state index contributed by atoms with van der Waals surface area (Å²) < 4.78 is 0. The van der Waals surface area contributed by atoms with E-state index < -0.39 is 0 Å². The lowest BCUT2D eigenvalue weighted by Crippen LogP contribution is -2.14. The van der Waals surface area contributed by atoms with Crippen LogP contribution in [0.15, 0.2) is 24.4 Å². The van der Waals surface area contributed by atoms with Gasteiger partial charge in [-0.05, 0) is 51.7 Å². The molecule has 0 spiro atoms. The Labute approximate surface area is 140 Å². The summed E-state index contributed by atoms with van der Waals surface area (Å²) in [4.78, 5) is 10.7. The number of benzene rings is 1. The molecule has 0 saturated carbocycles. The molecule has 22 heavy (non-hydrogen) atoms. The molecule has 0 aliphatic rings. The van der Waals surface area contributed by atoms with Crippen LogP contribution in [-0.2, 0) is 6.42 Å². The Hall–Kier alpha value is -1.56. The van der Waals surface area contributed by atoms with Gasteiger partial charge in [0.2, 0.25) is 5.95 Å². The molecule has 0 bridgehead atoms. The molecular formula is C15H19Cl2N5. The molecule has 0 unspecified atom stereocenters. The minimum atomic E-state index is 0.401. The van der Waals surface area contributed by atoms with Crippen molar-refractivity contribution in [2.45, 2.75) is 12.8 Å². The first-order chi connectivity index (χ1) is 10.5. The van der Waals surface area contributed by atoms with Crippen molar-refractivity contribution in [3.8, 4) is 0 Å². The van der Waals surface area contributed by atoms with Crippen LogP contribution in [0.2, 0.25) is 10.0 Å². The van der Waals surface area contributed by atoms with Gasteiger partial charge < -0.3 is 16.0 Å². The summed E-state index contributed by atoms with van der Waals surface area (Å²) in [7, 11) is 4.09. The predicted molar refractivity (Wildman–Crippen MR) is 93.1 cm³/mol. The second kappa shape index (κ2) is 7.63.